The van der Waals surface area contributed by atoms with E-state index in [2.05, 4.69) is 15.7 Å². The first kappa shape index (κ1) is 13.9. The molecule has 0 spiro atoms. The lowest BCUT2D eigenvalue weighted by Gasteiger charge is -2.14. The van der Waals surface area contributed by atoms with Crippen LogP contribution in [-0.2, 0) is 4.84 Å². The molecule has 20 heavy (non-hydrogen) atoms. The first-order valence-electron chi connectivity index (χ1n) is 5.53. The van der Waals surface area contributed by atoms with Gasteiger partial charge in [0.05, 0.1) is 6.54 Å². The third-order valence-electron chi connectivity index (χ3n) is 2.27. The van der Waals surface area contributed by atoms with Crippen LogP contribution in [0, 0.1) is 10.1 Å². The zero-order valence-electron chi connectivity index (χ0n) is 10.1. The minimum absolute atomic E-state index is 0.128. The maximum Gasteiger partial charge on any atom is 0.436 e. The van der Waals surface area contributed by atoms with Gasteiger partial charge in [0.15, 0.2) is 5.03 Å². The van der Waals surface area contributed by atoms with E-state index in [-0.39, 0.29) is 12.5 Å². The van der Waals surface area contributed by atoms with Gasteiger partial charge >= 0.3 is 12.1 Å². The molecule has 1 fully saturated rings. The molecule has 1 amide bonds. The monoisotopic (exact) mass is 299 g/mol. The van der Waals surface area contributed by atoms with Crippen molar-refractivity contribution in [3.05, 3.63) is 39.4 Å². The third-order valence-corrected chi connectivity index (χ3v) is 2.51. The number of hydroxylamine groups is 2. The van der Waals surface area contributed by atoms with Gasteiger partial charge in [0.1, 0.15) is 5.10 Å². The molecule has 1 aromatic carbocycles. The van der Waals surface area contributed by atoms with E-state index < -0.39 is 11.1 Å². The molecular weight excluding hydrogens is 290 g/mol. The minimum atomic E-state index is -0.876. The molecule has 1 aliphatic heterocycles. The molecule has 2 rings (SSSR count). The number of nitro groups is 1. The van der Waals surface area contributed by atoms with Crippen LogP contribution in [0.1, 0.15) is 0 Å². The van der Waals surface area contributed by atoms with Crippen LogP contribution >= 0.6 is 11.6 Å². The van der Waals surface area contributed by atoms with Crippen molar-refractivity contribution in [3.8, 4) is 0 Å². The molecule has 0 saturated carbocycles. The van der Waals surface area contributed by atoms with Gasteiger partial charge in [0.25, 0.3) is 0 Å². The number of nitrogens with zero attached hydrogens (tertiary/aromatic N) is 3. The Morgan fingerprint density at radius 1 is 1.60 bits per heavy atom. The number of amides is 1. The Morgan fingerprint density at radius 3 is 3.10 bits per heavy atom. The SMILES string of the molecule is O=C(Nc1cccc(Cl)c1)ON1CCNC1=N[N+](=O)[O-]. The van der Waals surface area contributed by atoms with Gasteiger partial charge in [0.2, 0.25) is 0 Å². The molecule has 0 radical (unpaired) electrons. The summed E-state index contributed by atoms with van der Waals surface area (Å²) in [5.41, 5.74) is 0.447. The van der Waals surface area contributed by atoms with Gasteiger partial charge in [-0.15, -0.1) is 0 Å². The number of rotatable bonds is 3. The van der Waals surface area contributed by atoms with Crippen LogP contribution in [0.3, 0.4) is 0 Å². The second-order valence-corrected chi connectivity index (χ2v) is 4.14. The highest BCUT2D eigenvalue weighted by molar-refractivity contribution is 6.30. The molecular formula is C10H10ClN5O4. The zero-order chi connectivity index (χ0) is 14.5. The molecule has 1 heterocycles. The number of carbonyl (C=O) groups excluding carboxylic acids is 1. The van der Waals surface area contributed by atoms with E-state index in [1.807, 2.05) is 0 Å². The summed E-state index contributed by atoms with van der Waals surface area (Å²) in [6.07, 6.45) is -0.799. The molecule has 106 valence electrons. The summed E-state index contributed by atoms with van der Waals surface area (Å²) in [6, 6.07) is 6.48. The number of guanidine groups is 1. The number of hydrogen-bond acceptors (Lipinski definition) is 4. The number of halogens is 1. The lowest BCUT2D eigenvalue weighted by Crippen LogP contribution is -2.34. The van der Waals surface area contributed by atoms with Gasteiger partial charge in [-0.2, -0.15) is 5.06 Å². The van der Waals surface area contributed by atoms with E-state index in [1.54, 1.807) is 18.2 Å². The molecule has 1 aliphatic rings. The Bertz CT molecular complexity index is 564. The summed E-state index contributed by atoms with van der Waals surface area (Å²) in [5, 5.41) is 19.0. The number of carbonyl (C=O) groups is 1. The van der Waals surface area contributed by atoms with Crippen LogP contribution in [0.4, 0.5) is 10.5 Å². The first-order valence-corrected chi connectivity index (χ1v) is 5.91. The van der Waals surface area contributed by atoms with Crippen molar-refractivity contribution in [3.63, 3.8) is 0 Å². The minimum Gasteiger partial charge on any atom is -0.347 e. The maximum absolute atomic E-state index is 11.6. The Labute approximate surface area is 118 Å². The van der Waals surface area contributed by atoms with E-state index in [1.165, 1.54) is 6.07 Å². The summed E-state index contributed by atoms with van der Waals surface area (Å²) in [4.78, 5) is 26.8. The average Bonchev–Trinajstić information content (AvgIpc) is 2.75. The van der Waals surface area contributed by atoms with Crippen molar-refractivity contribution in [1.29, 1.82) is 0 Å². The smallest absolute Gasteiger partial charge is 0.347 e. The van der Waals surface area contributed by atoms with Crippen molar-refractivity contribution in [1.82, 2.24) is 10.4 Å². The fraction of sp³-hybridized carbons (Fsp3) is 0.200. The summed E-state index contributed by atoms with van der Waals surface area (Å²) in [6.45, 7) is 0.646. The number of anilines is 1. The predicted molar refractivity (Wildman–Crippen MR) is 70.7 cm³/mol. The van der Waals surface area contributed by atoms with Crippen molar-refractivity contribution in [2.45, 2.75) is 0 Å². The first-order chi connectivity index (χ1) is 9.54. The van der Waals surface area contributed by atoms with Gasteiger partial charge in [-0.25, -0.2) is 14.9 Å². The molecule has 2 N–H and O–H groups in total. The Hall–Kier alpha value is -2.55. The number of hydrogen-bond donors (Lipinski definition) is 2. The van der Waals surface area contributed by atoms with Crippen LogP contribution in [0.5, 0.6) is 0 Å². The quantitative estimate of drug-likeness (QED) is 0.642. The van der Waals surface area contributed by atoms with Crippen LogP contribution in [0.15, 0.2) is 29.4 Å². The van der Waals surface area contributed by atoms with E-state index in [0.717, 1.165) is 5.06 Å². The lowest BCUT2D eigenvalue weighted by molar-refractivity contribution is -0.486. The number of benzene rings is 1. The van der Waals surface area contributed by atoms with Crippen molar-refractivity contribution < 1.29 is 14.7 Å². The van der Waals surface area contributed by atoms with E-state index in [0.29, 0.717) is 17.3 Å². The Morgan fingerprint density at radius 2 is 2.40 bits per heavy atom. The summed E-state index contributed by atoms with van der Waals surface area (Å²) in [7, 11) is 0. The van der Waals surface area contributed by atoms with Crippen LogP contribution in [0.2, 0.25) is 5.02 Å². The van der Waals surface area contributed by atoms with Gasteiger partial charge in [0, 0.05) is 17.3 Å². The predicted octanol–water partition coefficient (Wildman–Crippen LogP) is 1.26. The second-order valence-electron chi connectivity index (χ2n) is 3.70. The zero-order valence-corrected chi connectivity index (χ0v) is 10.8. The number of hydrazone groups is 1. The van der Waals surface area contributed by atoms with Crippen LogP contribution in [0.25, 0.3) is 0 Å². The standard InChI is InChI=1S/C10H10ClN5O4/c11-7-2-1-3-8(6-7)13-10(17)20-15-5-4-12-9(15)14-16(18)19/h1-3,6H,4-5H2,(H,12,14)(H,13,17). The van der Waals surface area contributed by atoms with Gasteiger partial charge in [-0.3, -0.25) is 5.32 Å². The maximum atomic E-state index is 11.6. The topological polar surface area (TPSA) is 109 Å². The van der Waals surface area contributed by atoms with Gasteiger partial charge in [-0.05, 0) is 18.2 Å². The number of nitrogens with one attached hydrogen (secondary N) is 2. The van der Waals surface area contributed by atoms with Gasteiger partial charge < -0.3 is 10.2 Å². The molecule has 0 aromatic heterocycles. The second kappa shape index (κ2) is 6.06. The molecule has 0 bridgehead atoms. The average molecular weight is 300 g/mol. The largest absolute Gasteiger partial charge is 0.436 e. The highest BCUT2D eigenvalue weighted by Crippen LogP contribution is 2.15. The summed E-state index contributed by atoms with van der Waals surface area (Å²) in [5.74, 6) is -0.128. The van der Waals surface area contributed by atoms with Crippen molar-refractivity contribution in [2.75, 3.05) is 18.4 Å². The lowest BCUT2D eigenvalue weighted by atomic mass is 10.3. The fourth-order valence-corrected chi connectivity index (χ4v) is 1.71. The molecule has 0 atom stereocenters. The van der Waals surface area contributed by atoms with E-state index >= 15 is 0 Å². The molecule has 9 nitrogen and oxygen atoms in total. The highest BCUT2D eigenvalue weighted by Gasteiger charge is 2.25. The molecule has 1 saturated heterocycles. The summed E-state index contributed by atoms with van der Waals surface area (Å²) < 4.78 is 0. The molecule has 0 unspecified atom stereocenters. The van der Waals surface area contributed by atoms with Crippen LogP contribution < -0.4 is 10.6 Å². The highest BCUT2D eigenvalue weighted by atomic mass is 35.5. The van der Waals surface area contributed by atoms with E-state index in [9.17, 15) is 14.9 Å². The Kier molecular flexibility index (Phi) is 4.20. The normalized spacial score (nSPS) is 15.8. The third kappa shape index (κ3) is 3.72. The fourth-order valence-electron chi connectivity index (χ4n) is 1.52. The van der Waals surface area contributed by atoms with Crippen molar-refractivity contribution >= 4 is 29.3 Å². The van der Waals surface area contributed by atoms with E-state index in [4.69, 9.17) is 16.4 Å². The molecule has 0 aliphatic carbocycles. The molecule has 10 heteroatoms. The Balaban J connectivity index is 1.96. The van der Waals surface area contributed by atoms with Crippen LogP contribution in [-0.4, -0.2) is 35.2 Å². The van der Waals surface area contributed by atoms with Gasteiger partial charge in [-0.1, -0.05) is 17.7 Å². The summed E-state index contributed by atoms with van der Waals surface area (Å²) >= 11 is 5.77. The molecule has 1 aromatic rings. The van der Waals surface area contributed by atoms with Crippen molar-refractivity contribution in [2.24, 2.45) is 5.10 Å².